The summed E-state index contributed by atoms with van der Waals surface area (Å²) in [5.74, 6) is 0. The lowest BCUT2D eigenvalue weighted by Gasteiger charge is -2.25. The highest BCUT2D eigenvalue weighted by Gasteiger charge is 2.35. The van der Waals surface area contributed by atoms with Gasteiger partial charge in [0.15, 0.2) is 0 Å². The second kappa shape index (κ2) is 4.21. The van der Waals surface area contributed by atoms with Crippen LogP contribution in [0.25, 0.3) is 5.65 Å². The number of nitrogens with one attached hydrogen (secondary N) is 1. The molecule has 0 bridgehead atoms. The third-order valence-electron chi connectivity index (χ3n) is 3.36. The van der Waals surface area contributed by atoms with E-state index in [0.29, 0.717) is 17.8 Å². The first-order chi connectivity index (χ1) is 9.02. The Morgan fingerprint density at radius 2 is 2.26 bits per heavy atom. The van der Waals surface area contributed by atoms with Gasteiger partial charge in [-0.15, -0.1) is 0 Å². The minimum Gasteiger partial charge on any atom is -0.375 e. The van der Waals surface area contributed by atoms with Gasteiger partial charge in [0.25, 0.3) is 0 Å². The van der Waals surface area contributed by atoms with Crippen molar-refractivity contribution in [2.24, 2.45) is 0 Å². The molecule has 1 unspecified atom stereocenters. The van der Waals surface area contributed by atoms with Crippen LogP contribution >= 0.6 is 0 Å². The molecular weight excluding hydrogens is 259 g/mol. The summed E-state index contributed by atoms with van der Waals surface area (Å²) in [4.78, 5) is 3.90. The Labute approximate surface area is 107 Å². The number of rotatable bonds is 1. The van der Waals surface area contributed by atoms with E-state index in [1.165, 1.54) is 6.20 Å². The van der Waals surface area contributed by atoms with Crippen LogP contribution in [0.4, 0.5) is 13.2 Å². The van der Waals surface area contributed by atoms with Crippen molar-refractivity contribution in [1.29, 1.82) is 0 Å². The number of hydrogen-bond acceptors (Lipinski definition) is 3. The summed E-state index contributed by atoms with van der Waals surface area (Å²) in [6.45, 7) is 0.790. The van der Waals surface area contributed by atoms with Crippen LogP contribution in [-0.2, 0) is 17.5 Å². The highest BCUT2D eigenvalue weighted by atomic mass is 19.4. The largest absolute Gasteiger partial charge is 0.433 e. The summed E-state index contributed by atoms with van der Waals surface area (Å²) >= 11 is 0. The molecule has 3 heterocycles. The molecule has 3 rings (SSSR count). The molecule has 102 valence electrons. The van der Waals surface area contributed by atoms with E-state index < -0.39 is 11.9 Å². The van der Waals surface area contributed by atoms with Gasteiger partial charge in [0.2, 0.25) is 0 Å². The van der Waals surface area contributed by atoms with Crippen LogP contribution in [0.15, 0.2) is 18.5 Å². The summed E-state index contributed by atoms with van der Waals surface area (Å²) in [7, 11) is 1.79. The van der Waals surface area contributed by atoms with Crippen LogP contribution < -0.4 is 5.32 Å². The van der Waals surface area contributed by atoms with Gasteiger partial charge in [-0.1, -0.05) is 0 Å². The maximum Gasteiger partial charge on any atom is 0.433 e. The molecular formula is C12H12F3N3O. The fraction of sp³-hybridized carbons (Fsp3) is 0.417. The van der Waals surface area contributed by atoms with Crippen molar-refractivity contribution < 1.29 is 17.9 Å². The number of halogens is 3. The van der Waals surface area contributed by atoms with E-state index in [1.54, 1.807) is 13.1 Å². The molecule has 0 saturated heterocycles. The highest BCUT2D eigenvalue weighted by molar-refractivity contribution is 5.54. The van der Waals surface area contributed by atoms with Crippen LogP contribution in [0.2, 0.25) is 0 Å². The Bertz CT molecular complexity index is 620. The van der Waals surface area contributed by atoms with Crippen molar-refractivity contribution in [3.05, 3.63) is 35.3 Å². The molecule has 2 aromatic heterocycles. The summed E-state index contributed by atoms with van der Waals surface area (Å²) < 4.78 is 44.9. The average Bonchev–Trinajstić information content (AvgIpc) is 2.81. The molecule has 0 aromatic carbocycles. The lowest BCUT2D eigenvalue weighted by atomic mass is 10.0. The SMILES string of the molecule is CNC1COCc2c1ccn1c(C(F)(F)F)cnc21. The minimum absolute atomic E-state index is 0.0141. The molecule has 4 nitrogen and oxygen atoms in total. The zero-order chi connectivity index (χ0) is 13.6. The molecule has 0 aliphatic carbocycles. The van der Waals surface area contributed by atoms with Crippen molar-refractivity contribution >= 4 is 5.65 Å². The first kappa shape index (κ1) is 12.4. The first-order valence-electron chi connectivity index (χ1n) is 5.83. The van der Waals surface area contributed by atoms with Crippen LogP contribution in [0.3, 0.4) is 0 Å². The molecule has 1 N–H and O–H groups in total. The maximum atomic E-state index is 12.8. The smallest absolute Gasteiger partial charge is 0.375 e. The van der Waals surface area contributed by atoms with Crippen molar-refractivity contribution in [3.63, 3.8) is 0 Å². The summed E-state index contributed by atoms with van der Waals surface area (Å²) in [5, 5.41) is 3.08. The summed E-state index contributed by atoms with van der Waals surface area (Å²) in [5.41, 5.74) is 1.20. The van der Waals surface area contributed by atoms with Gasteiger partial charge in [-0.2, -0.15) is 13.2 Å². The number of nitrogens with zero attached hydrogens (tertiary/aromatic N) is 2. The van der Waals surface area contributed by atoms with Gasteiger partial charge in [-0.3, -0.25) is 4.40 Å². The predicted molar refractivity (Wildman–Crippen MR) is 61.7 cm³/mol. The minimum atomic E-state index is -4.41. The van der Waals surface area contributed by atoms with E-state index in [4.69, 9.17) is 4.74 Å². The molecule has 1 aliphatic heterocycles. The Kier molecular flexibility index (Phi) is 2.75. The monoisotopic (exact) mass is 271 g/mol. The van der Waals surface area contributed by atoms with Gasteiger partial charge in [0, 0.05) is 11.8 Å². The average molecular weight is 271 g/mol. The Hall–Kier alpha value is -1.60. The van der Waals surface area contributed by atoms with Gasteiger partial charge in [-0.25, -0.2) is 4.98 Å². The van der Waals surface area contributed by atoms with E-state index in [1.807, 2.05) is 0 Å². The van der Waals surface area contributed by atoms with Crippen LogP contribution in [0.1, 0.15) is 22.9 Å². The van der Waals surface area contributed by atoms with Crippen LogP contribution in [0, 0.1) is 0 Å². The number of likely N-dealkylation sites (N-methyl/N-ethyl adjacent to an activating group) is 1. The number of alkyl halides is 3. The molecule has 2 aromatic rings. The molecule has 19 heavy (non-hydrogen) atoms. The molecule has 0 amide bonds. The zero-order valence-corrected chi connectivity index (χ0v) is 10.2. The van der Waals surface area contributed by atoms with E-state index >= 15 is 0 Å². The van der Waals surface area contributed by atoms with Crippen LogP contribution in [-0.4, -0.2) is 23.0 Å². The lowest BCUT2D eigenvalue weighted by Crippen LogP contribution is -2.27. The third kappa shape index (κ3) is 1.89. The quantitative estimate of drug-likeness (QED) is 0.863. The molecule has 0 radical (unpaired) electrons. The van der Waals surface area contributed by atoms with E-state index in [9.17, 15) is 13.2 Å². The predicted octanol–water partition coefficient (Wildman–Crippen LogP) is 2.14. The number of hydrogen-bond donors (Lipinski definition) is 1. The molecule has 0 spiro atoms. The normalized spacial score (nSPS) is 19.7. The van der Waals surface area contributed by atoms with Gasteiger partial charge in [-0.05, 0) is 18.7 Å². The number of aromatic nitrogens is 2. The zero-order valence-electron chi connectivity index (χ0n) is 10.2. The molecule has 1 atom stereocenters. The molecule has 7 heteroatoms. The lowest BCUT2D eigenvalue weighted by molar-refractivity contribution is -0.141. The number of pyridine rings is 1. The third-order valence-corrected chi connectivity index (χ3v) is 3.36. The van der Waals surface area contributed by atoms with Crippen molar-refractivity contribution in [2.45, 2.75) is 18.8 Å². The Morgan fingerprint density at radius 3 is 2.95 bits per heavy atom. The fourth-order valence-electron chi connectivity index (χ4n) is 2.41. The fourth-order valence-corrected chi connectivity index (χ4v) is 2.41. The number of ether oxygens (including phenoxy) is 1. The van der Waals surface area contributed by atoms with Gasteiger partial charge in [0.1, 0.15) is 11.3 Å². The number of fused-ring (bicyclic) bond motifs is 3. The highest BCUT2D eigenvalue weighted by Crippen LogP contribution is 2.33. The molecule has 1 aliphatic rings. The van der Waals surface area contributed by atoms with Gasteiger partial charge in [0.05, 0.1) is 25.5 Å². The number of imidazole rings is 1. The van der Waals surface area contributed by atoms with Crippen molar-refractivity contribution in [3.8, 4) is 0 Å². The maximum absolute atomic E-state index is 12.8. The molecule has 0 saturated carbocycles. The van der Waals surface area contributed by atoms with Gasteiger partial charge >= 0.3 is 6.18 Å². The van der Waals surface area contributed by atoms with Gasteiger partial charge < -0.3 is 10.1 Å². The molecule has 0 fully saturated rings. The Balaban J connectivity index is 2.22. The summed E-state index contributed by atoms with van der Waals surface area (Å²) in [6, 6.07) is 1.68. The van der Waals surface area contributed by atoms with Crippen LogP contribution in [0.5, 0.6) is 0 Å². The second-order valence-corrected chi connectivity index (χ2v) is 4.44. The van der Waals surface area contributed by atoms with E-state index in [-0.39, 0.29) is 12.6 Å². The Morgan fingerprint density at radius 1 is 1.47 bits per heavy atom. The second-order valence-electron chi connectivity index (χ2n) is 4.44. The van der Waals surface area contributed by atoms with E-state index in [2.05, 4.69) is 10.3 Å². The first-order valence-corrected chi connectivity index (χ1v) is 5.83. The van der Waals surface area contributed by atoms with E-state index in [0.717, 1.165) is 16.2 Å². The topological polar surface area (TPSA) is 38.6 Å². The summed E-state index contributed by atoms with van der Waals surface area (Å²) in [6.07, 6.45) is -2.14. The van der Waals surface area contributed by atoms with Crippen molar-refractivity contribution in [2.75, 3.05) is 13.7 Å². The van der Waals surface area contributed by atoms with Crippen molar-refractivity contribution in [1.82, 2.24) is 14.7 Å². The standard InChI is InChI=1S/C12H12F3N3O/c1-16-9-6-19-5-8-7(9)2-3-18-10(12(13,14)15)4-17-11(8)18/h2-4,9,16H,5-6H2,1H3.